The number of nitrogens with one attached hydrogen (secondary N) is 2. The Bertz CT molecular complexity index is 820. The first kappa shape index (κ1) is 16.7. The molecule has 2 heterocycles. The number of anilines is 3. The van der Waals surface area contributed by atoms with E-state index >= 15 is 0 Å². The minimum Gasteiger partial charge on any atom is -0.369 e. The smallest absolute Gasteiger partial charge is 0.257 e. The number of rotatable bonds is 4. The Morgan fingerprint density at radius 2 is 1.77 bits per heavy atom. The Kier molecular flexibility index (Phi) is 4.63. The lowest BCUT2D eigenvalue weighted by Gasteiger charge is -2.35. The molecule has 0 unspecified atom stereocenters. The van der Waals surface area contributed by atoms with Gasteiger partial charge in [-0.1, -0.05) is 25.1 Å². The Morgan fingerprint density at radius 3 is 2.50 bits per heavy atom. The van der Waals surface area contributed by atoms with Gasteiger partial charge in [-0.05, 0) is 36.9 Å². The standard InChI is InChI=1S/C21H24N4O/c1-2-24-11-13-25(14-12-24)17-9-7-16(8-10-17)22-15-19-18-5-3-4-6-20(18)23-21(19)26/h3-10,15,22H,2,11-14H2,1H3,(H,23,26)/b19-15+. The number of hydrogen-bond acceptors (Lipinski definition) is 4. The Balaban J connectivity index is 1.43. The first-order valence-electron chi connectivity index (χ1n) is 9.19. The fourth-order valence-corrected chi connectivity index (χ4v) is 3.53. The van der Waals surface area contributed by atoms with E-state index in [1.54, 1.807) is 6.20 Å². The topological polar surface area (TPSA) is 47.6 Å². The van der Waals surface area contributed by atoms with Crippen molar-refractivity contribution in [2.75, 3.05) is 48.3 Å². The number of carbonyl (C=O) groups is 1. The van der Waals surface area contributed by atoms with Gasteiger partial charge in [0.15, 0.2) is 0 Å². The van der Waals surface area contributed by atoms with Gasteiger partial charge in [0, 0.05) is 55.0 Å². The van der Waals surface area contributed by atoms with Crippen molar-refractivity contribution in [2.45, 2.75) is 6.92 Å². The molecule has 0 radical (unpaired) electrons. The van der Waals surface area contributed by atoms with Gasteiger partial charge in [-0.3, -0.25) is 4.79 Å². The monoisotopic (exact) mass is 348 g/mol. The molecule has 1 amide bonds. The molecule has 0 aromatic heterocycles. The van der Waals surface area contributed by atoms with Crippen LogP contribution in [0.4, 0.5) is 17.1 Å². The fraction of sp³-hybridized carbons (Fsp3) is 0.286. The minimum absolute atomic E-state index is 0.0656. The summed E-state index contributed by atoms with van der Waals surface area (Å²) in [4.78, 5) is 17.0. The lowest BCUT2D eigenvalue weighted by Crippen LogP contribution is -2.46. The van der Waals surface area contributed by atoms with Crippen LogP contribution in [0.5, 0.6) is 0 Å². The van der Waals surface area contributed by atoms with Crippen LogP contribution in [0.1, 0.15) is 12.5 Å². The van der Waals surface area contributed by atoms with Crippen molar-refractivity contribution in [3.63, 3.8) is 0 Å². The predicted octanol–water partition coefficient (Wildman–Crippen LogP) is 3.23. The van der Waals surface area contributed by atoms with Crippen LogP contribution in [0.2, 0.25) is 0 Å². The van der Waals surface area contributed by atoms with E-state index in [1.165, 1.54) is 5.69 Å². The maximum Gasteiger partial charge on any atom is 0.257 e. The van der Waals surface area contributed by atoms with Crippen LogP contribution in [0.25, 0.3) is 5.57 Å². The summed E-state index contributed by atoms with van der Waals surface area (Å²) in [6, 6.07) is 16.2. The van der Waals surface area contributed by atoms with E-state index in [9.17, 15) is 4.79 Å². The van der Waals surface area contributed by atoms with Crippen molar-refractivity contribution >= 4 is 28.5 Å². The lowest BCUT2D eigenvalue weighted by molar-refractivity contribution is -0.110. The predicted molar refractivity (Wildman–Crippen MR) is 107 cm³/mol. The molecule has 2 aromatic rings. The highest BCUT2D eigenvalue weighted by Crippen LogP contribution is 2.31. The van der Waals surface area contributed by atoms with Crippen molar-refractivity contribution in [1.82, 2.24) is 4.90 Å². The van der Waals surface area contributed by atoms with Crippen LogP contribution >= 0.6 is 0 Å². The van der Waals surface area contributed by atoms with Gasteiger partial charge in [-0.15, -0.1) is 0 Å². The average Bonchev–Trinajstić information content (AvgIpc) is 3.02. The number of fused-ring (bicyclic) bond motifs is 1. The Hall–Kier alpha value is -2.79. The maximum atomic E-state index is 12.1. The first-order chi connectivity index (χ1) is 12.7. The molecule has 2 aliphatic heterocycles. The quantitative estimate of drug-likeness (QED) is 0.833. The number of para-hydroxylation sites is 1. The molecule has 2 aliphatic rings. The van der Waals surface area contributed by atoms with Crippen molar-refractivity contribution < 1.29 is 4.79 Å². The summed E-state index contributed by atoms with van der Waals surface area (Å²) < 4.78 is 0. The van der Waals surface area contributed by atoms with Gasteiger partial charge >= 0.3 is 0 Å². The van der Waals surface area contributed by atoms with Crippen LogP contribution < -0.4 is 15.5 Å². The van der Waals surface area contributed by atoms with Gasteiger partial charge < -0.3 is 20.4 Å². The molecule has 4 rings (SSSR count). The van der Waals surface area contributed by atoms with Crippen molar-refractivity contribution in [2.24, 2.45) is 0 Å². The average molecular weight is 348 g/mol. The third-order valence-electron chi connectivity index (χ3n) is 5.15. The highest BCUT2D eigenvalue weighted by atomic mass is 16.2. The van der Waals surface area contributed by atoms with Gasteiger partial charge in [-0.25, -0.2) is 0 Å². The van der Waals surface area contributed by atoms with E-state index in [0.717, 1.165) is 49.7 Å². The number of likely N-dealkylation sites (N-methyl/N-ethyl adjacent to an activating group) is 1. The van der Waals surface area contributed by atoms with E-state index in [4.69, 9.17) is 0 Å². The summed E-state index contributed by atoms with van der Waals surface area (Å²) in [5.74, 6) is -0.0656. The molecule has 0 saturated carbocycles. The van der Waals surface area contributed by atoms with Gasteiger partial charge in [0.05, 0.1) is 5.57 Å². The Labute approximate surface area is 154 Å². The number of carbonyl (C=O) groups excluding carboxylic acids is 1. The Morgan fingerprint density at radius 1 is 1.04 bits per heavy atom. The van der Waals surface area contributed by atoms with Crippen LogP contribution in [0.15, 0.2) is 54.7 Å². The lowest BCUT2D eigenvalue weighted by atomic mass is 10.1. The van der Waals surface area contributed by atoms with E-state index < -0.39 is 0 Å². The summed E-state index contributed by atoms with van der Waals surface area (Å²) in [7, 11) is 0. The molecule has 1 saturated heterocycles. The molecule has 0 aliphatic carbocycles. The zero-order chi connectivity index (χ0) is 17.9. The highest BCUT2D eigenvalue weighted by molar-refractivity contribution is 6.31. The molecular formula is C21H24N4O. The van der Waals surface area contributed by atoms with Crippen molar-refractivity contribution in [3.8, 4) is 0 Å². The molecule has 2 N–H and O–H groups in total. The number of piperazine rings is 1. The molecule has 2 aromatic carbocycles. The molecule has 26 heavy (non-hydrogen) atoms. The van der Waals surface area contributed by atoms with Crippen molar-refractivity contribution in [3.05, 3.63) is 60.3 Å². The largest absolute Gasteiger partial charge is 0.369 e. The number of nitrogens with zero attached hydrogens (tertiary/aromatic N) is 2. The number of benzene rings is 2. The van der Waals surface area contributed by atoms with E-state index in [2.05, 4.69) is 51.6 Å². The van der Waals surface area contributed by atoms with Crippen LogP contribution in [-0.2, 0) is 4.79 Å². The van der Waals surface area contributed by atoms with E-state index in [0.29, 0.717) is 5.57 Å². The normalized spacial score (nSPS) is 18.7. The molecule has 5 heteroatoms. The van der Waals surface area contributed by atoms with Gasteiger partial charge in [0.1, 0.15) is 0 Å². The van der Waals surface area contributed by atoms with Gasteiger partial charge in [0.2, 0.25) is 0 Å². The second kappa shape index (κ2) is 7.22. The zero-order valence-corrected chi connectivity index (χ0v) is 15.0. The zero-order valence-electron chi connectivity index (χ0n) is 15.0. The molecule has 5 nitrogen and oxygen atoms in total. The van der Waals surface area contributed by atoms with Crippen LogP contribution in [0, 0.1) is 0 Å². The summed E-state index contributed by atoms with van der Waals surface area (Å²) in [5, 5.41) is 6.14. The molecule has 1 fully saturated rings. The maximum absolute atomic E-state index is 12.1. The number of amides is 1. The summed E-state index contributed by atoms with van der Waals surface area (Å²) in [6.45, 7) is 7.73. The van der Waals surface area contributed by atoms with E-state index in [-0.39, 0.29) is 5.91 Å². The van der Waals surface area contributed by atoms with Gasteiger partial charge in [-0.2, -0.15) is 0 Å². The highest BCUT2D eigenvalue weighted by Gasteiger charge is 2.23. The molecule has 0 spiro atoms. The SMILES string of the molecule is CCN1CCN(c2ccc(N/C=C3/C(=O)Nc4ccccc43)cc2)CC1. The second-order valence-electron chi connectivity index (χ2n) is 6.67. The van der Waals surface area contributed by atoms with Gasteiger partial charge in [0.25, 0.3) is 5.91 Å². The van der Waals surface area contributed by atoms with Crippen molar-refractivity contribution in [1.29, 1.82) is 0 Å². The molecular weight excluding hydrogens is 324 g/mol. The second-order valence-corrected chi connectivity index (χ2v) is 6.67. The fourth-order valence-electron chi connectivity index (χ4n) is 3.53. The molecule has 0 atom stereocenters. The molecule has 134 valence electrons. The third-order valence-corrected chi connectivity index (χ3v) is 5.15. The third kappa shape index (κ3) is 3.30. The summed E-state index contributed by atoms with van der Waals surface area (Å²) >= 11 is 0. The minimum atomic E-state index is -0.0656. The molecule has 0 bridgehead atoms. The summed E-state index contributed by atoms with van der Waals surface area (Å²) in [5.41, 5.74) is 4.71. The van der Waals surface area contributed by atoms with Crippen LogP contribution in [-0.4, -0.2) is 43.5 Å². The first-order valence-corrected chi connectivity index (χ1v) is 9.19. The van der Waals surface area contributed by atoms with E-state index in [1.807, 2.05) is 24.3 Å². The number of hydrogen-bond donors (Lipinski definition) is 2. The summed E-state index contributed by atoms with van der Waals surface area (Å²) in [6.07, 6.45) is 1.79. The van der Waals surface area contributed by atoms with Crippen LogP contribution in [0.3, 0.4) is 0 Å².